The molecule has 53 valence electrons. The second kappa shape index (κ2) is 2.51. The number of carboxylic acid groups (broad SMARTS) is 1. The Labute approximate surface area is 58.1 Å². The standard InChI is InChI=1S/C6H7N2O2/c1-8-5(2-3-7-8)4-6(9)10/h2H,4H2,1H3,(H,9,10). The zero-order valence-corrected chi connectivity index (χ0v) is 5.53. The van der Waals surface area contributed by atoms with Gasteiger partial charge in [-0.05, 0) is 6.07 Å². The Hall–Kier alpha value is -1.32. The van der Waals surface area contributed by atoms with Crippen molar-refractivity contribution in [3.05, 3.63) is 18.0 Å². The van der Waals surface area contributed by atoms with Gasteiger partial charge in [0.1, 0.15) is 6.20 Å². The van der Waals surface area contributed by atoms with Gasteiger partial charge in [0.25, 0.3) is 0 Å². The zero-order chi connectivity index (χ0) is 7.56. The highest BCUT2D eigenvalue weighted by molar-refractivity contribution is 5.69. The monoisotopic (exact) mass is 139 g/mol. The molecule has 0 bridgehead atoms. The van der Waals surface area contributed by atoms with Gasteiger partial charge in [0.15, 0.2) is 0 Å². The van der Waals surface area contributed by atoms with Crippen molar-refractivity contribution in [2.75, 3.05) is 0 Å². The summed E-state index contributed by atoms with van der Waals surface area (Å²) in [6.07, 6.45) is 2.56. The van der Waals surface area contributed by atoms with Gasteiger partial charge in [0.05, 0.1) is 6.42 Å². The van der Waals surface area contributed by atoms with E-state index >= 15 is 0 Å². The first-order valence-electron chi connectivity index (χ1n) is 2.81. The topological polar surface area (TPSA) is 55.1 Å². The Morgan fingerprint density at radius 2 is 2.70 bits per heavy atom. The van der Waals surface area contributed by atoms with Gasteiger partial charge in [-0.25, -0.2) is 0 Å². The van der Waals surface area contributed by atoms with E-state index in [0.717, 1.165) is 0 Å². The van der Waals surface area contributed by atoms with Crippen LogP contribution in [-0.4, -0.2) is 20.9 Å². The summed E-state index contributed by atoms with van der Waals surface area (Å²) in [5.74, 6) is -0.850. The van der Waals surface area contributed by atoms with E-state index < -0.39 is 5.97 Å². The third kappa shape index (κ3) is 1.34. The summed E-state index contributed by atoms with van der Waals surface area (Å²) in [5, 5.41) is 12.1. The van der Waals surface area contributed by atoms with E-state index in [9.17, 15) is 4.79 Å². The lowest BCUT2D eigenvalue weighted by Gasteiger charge is -1.94. The Bertz CT molecular complexity index is 242. The van der Waals surface area contributed by atoms with E-state index in [-0.39, 0.29) is 6.42 Å². The largest absolute Gasteiger partial charge is 0.481 e. The van der Waals surface area contributed by atoms with Gasteiger partial charge in [0.2, 0.25) is 0 Å². The van der Waals surface area contributed by atoms with Crippen LogP contribution in [0, 0.1) is 6.20 Å². The minimum Gasteiger partial charge on any atom is -0.481 e. The predicted molar refractivity (Wildman–Crippen MR) is 33.4 cm³/mol. The maximum absolute atomic E-state index is 10.2. The van der Waals surface area contributed by atoms with Crippen LogP contribution in [0.4, 0.5) is 0 Å². The van der Waals surface area contributed by atoms with Gasteiger partial charge in [-0.3, -0.25) is 9.48 Å². The highest BCUT2D eigenvalue weighted by Gasteiger charge is 2.02. The van der Waals surface area contributed by atoms with Gasteiger partial charge in [-0.15, -0.1) is 0 Å². The maximum Gasteiger partial charge on any atom is 0.309 e. The van der Waals surface area contributed by atoms with Crippen molar-refractivity contribution in [3.63, 3.8) is 0 Å². The Balaban J connectivity index is 2.74. The predicted octanol–water partition coefficient (Wildman–Crippen LogP) is -0.153. The van der Waals surface area contributed by atoms with E-state index in [2.05, 4.69) is 11.3 Å². The van der Waals surface area contributed by atoms with Crippen molar-refractivity contribution in [1.82, 2.24) is 9.78 Å². The molecule has 0 aromatic carbocycles. The van der Waals surface area contributed by atoms with E-state index in [1.165, 1.54) is 4.68 Å². The van der Waals surface area contributed by atoms with Crippen LogP contribution in [0.5, 0.6) is 0 Å². The molecule has 0 aliphatic rings. The molecule has 1 aromatic rings. The number of hydrogen-bond acceptors (Lipinski definition) is 2. The highest BCUT2D eigenvalue weighted by Crippen LogP contribution is 1.95. The molecule has 4 nitrogen and oxygen atoms in total. The first kappa shape index (κ1) is 6.80. The quantitative estimate of drug-likeness (QED) is 0.619. The summed E-state index contributed by atoms with van der Waals surface area (Å²) in [7, 11) is 1.69. The molecule has 1 N–H and O–H groups in total. The minimum atomic E-state index is -0.850. The molecular formula is C6H7N2O2. The Morgan fingerprint density at radius 3 is 3.10 bits per heavy atom. The van der Waals surface area contributed by atoms with Crippen molar-refractivity contribution >= 4 is 5.97 Å². The Kier molecular flexibility index (Phi) is 1.71. The average molecular weight is 139 g/mol. The number of hydrogen-bond donors (Lipinski definition) is 1. The molecule has 0 spiro atoms. The molecule has 0 amide bonds. The normalized spacial score (nSPS) is 9.70. The van der Waals surface area contributed by atoms with Gasteiger partial charge in [-0.2, -0.15) is 5.10 Å². The number of aromatic nitrogens is 2. The second-order valence-corrected chi connectivity index (χ2v) is 1.96. The summed E-state index contributed by atoms with van der Waals surface area (Å²) in [5.41, 5.74) is 0.660. The number of carbonyl (C=O) groups is 1. The fraction of sp³-hybridized carbons (Fsp3) is 0.333. The van der Waals surface area contributed by atoms with Crippen molar-refractivity contribution in [2.24, 2.45) is 7.05 Å². The summed E-state index contributed by atoms with van der Waals surface area (Å²) in [6.45, 7) is 0. The molecule has 0 saturated carbocycles. The molecule has 0 unspecified atom stereocenters. The fourth-order valence-corrected chi connectivity index (χ4v) is 0.668. The smallest absolute Gasteiger partial charge is 0.309 e. The third-order valence-corrected chi connectivity index (χ3v) is 1.19. The van der Waals surface area contributed by atoms with Gasteiger partial charge in [-0.1, -0.05) is 0 Å². The molecule has 0 aliphatic heterocycles. The minimum absolute atomic E-state index is 0.00694. The van der Waals surface area contributed by atoms with Crippen LogP contribution in [0.2, 0.25) is 0 Å². The molecule has 0 saturated heterocycles. The number of aryl methyl sites for hydroxylation is 1. The molecule has 10 heavy (non-hydrogen) atoms. The molecule has 1 aromatic heterocycles. The van der Waals surface area contributed by atoms with Crippen LogP contribution in [0.1, 0.15) is 5.69 Å². The molecule has 1 radical (unpaired) electrons. The third-order valence-electron chi connectivity index (χ3n) is 1.19. The van der Waals surface area contributed by atoms with Gasteiger partial charge < -0.3 is 5.11 Å². The van der Waals surface area contributed by atoms with Crippen LogP contribution < -0.4 is 0 Å². The number of aliphatic carboxylic acids is 1. The maximum atomic E-state index is 10.2. The van der Waals surface area contributed by atoms with Crippen molar-refractivity contribution in [1.29, 1.82) is 0 Å². The van der Waals surface area contributed by atoms with Crippen LogP contribution in [0.15, 0.2) is 6.07 Å². The van der Waals surface area contributed by atoms with E-state index in [4.69, 9.17) is 5.11 Å². The zero-order valence-electron chi connectivity index (χ0n) is 5.53. The Morgan fingerprint density at radius 1 is 2.00 bits per heavy atom. The molecule has 0 aliphatic carbocycles. The summed E-state index contributed by atoms with van der Waals surface area (Å²) in [6, 6.07) is 1.56. The van der Waals surface area contributed by atoms with E-state index in [1.54, 1.807) is 13.1 Å². The average Bonchev–Trinajstić information content (AvgIpc) is 2.15. The summed E-state index contributed by atoms with van der Waals surface area (Å²) < 4.78 is 1.49. The van der Waals surface area contributed by atoms with Gasteiger partial charge >= 0.3 is 5.97 Å². The molecular weight excluding hydrogens is 132 g/mol. The lowest BCUT2D eigenvalue weighted by Crippen LogP contribution is -2.05. The number of rotatable bonds is 2. The lowest BCUT2D eigenvalue weighted by molar-refractivity contribution is -0.136. The molecule has 4 heteroatoms. The van der Waals surface area contributed by atoms with Crippen LogP contribution in [0.25, 0.3) is 0 Å². The highest BCUT2D eigenvalue weighted by atomic mass is 16.4. The molecule has 1 rings (SSSR count). The fourth-order valence-electron chi connectivity index (χ4n) is 0.668. The first-order chi connectivity index (χ1) is 4.70. The van der Waals surface area contributed by atoms with Crippen molar-refractivity contribution < 1.29 is 9.90 Å². The van der Waals surface area contributed by atoms with Crippen LogP contribution >= 0.6 is 0 Å². The van der Waals surface area contributed by atoms with E-state index in [0.29, 0.717) is 5.69 Å². The van der Waals surface area contributed by atoms with Crippen molar-refractivity contribution in [2.45, 2.75) is 6.42 Å². The SMILES string of the molecule is Cn1n[c]cc1CC(=O)O. The van der Waals surface area contributed by atoms with Gasteiger partial charge in [0, 0.05) is 12.7 Å². The summed E-state index contributed by atoms with van der Waals surface area (Å²) >= 11 is 0. The second-order valence-electron chi connectivity index (χ2n) is 1.96. The van der Waals surface area contributed by atoms with Crippen LogP contribution in [0.3, 0.4) is 0 Å². The first-order valence-corrected chi connectivity index (χ1v) is 2.81. The lowest BCUT2D eigenvalue weighted by atomic mass is 10.3. The molecule has 0 atom stereocenters. The summed E-state index contributed by atoms with van der Waals surface area (Å²) in [4.78, 5) is 10.2. The number of carboxylic acids is 1. The van der Waals surface area contributed by atoms with Crippen molar-refractivity contribution in [3.8, 4) is 0 Å². The molecule has 0 fully saturated rings. The molecule has 1 heterocycles. The van der Waals surface area contributed by atoms with Crippen LogP contribution in [-0.2, 0) is 18.3 Å². The number of nitrogens with zero attached hydrogens (tertiary/aromatic N) is 2. The van der Waals surface area contributed by atoms with E-state index in [1.807, 2.05) is 0 Å².